The van der Waals surface area contributed by atoms with E-state index in [2.05, 4.69) is 36.7 Å². The number of aromatic nitrogens is 2. The molecule has 1 aromatic carbocycles. The van der Waals surface area contributed by atoms with E-state index in [1.807, 2.05) is 0 Å². The van der Waals surface area contributed by atoms with Crippen LogP contribution in [0.15, 0.2) is 18.2 Å². The lowest BCUT2D eigenvalue weighted by atomic mass is 10.1. The van der Waals surface area contributed by atoms with Gasteiger partial charge in [0, 0.05) is 19.0 Å². The lowest BCUT2D eigenvalue weighted by Crippen LogP contribution is -2.15. The molecular formula is C15H21N3. The van der Waals surface area contributed by atoms with Crippen molar-refractivity contribution in [2.45, 2.75) is 44.6 Å². The van der Waals surface area contributed by atoms with Crippen molar-refractivity contribution in [1.29, 1.82) is 0 Å². The lowest BCUT2D eigenvalue weighted by molar-refractivity contribution is 0.666. The highest BCUT2D eigenvalue weighted by molar-refractivity contribution is 5.77. The molecule has 1 atom stereocenters. The zero-order valence-electron chi connectivity index (χ0n) is 11.2. The Morgan fingerprint density at radius 1 is 1.44 bits per heavy atom. The first-order valence-electron chi connectivity index (χ1n) is 6.86. The van der Waals surface area contributed by atoms with Crippen molar-refractivity contribution in [2.75, 3.05) is 0 Å². The molecule has 0 bridgehead atoms. The van der Waals surface area contributed by atoms with Gasteiger partial charge in [-0.05, 0) is 50.3 Å². The van der Waals surface area contributed by atoms with Gasteiger partial charge in [0.2, 0.25) is 0 Å². The maximum Gasteiger partial charge on any atom is 0.112 e. The second-order valence-corrected chi connectivity index (χ2v) is 5.64. The fourth-order valence-corrected chi connectivity index (χ4v) is 2.51. The average molecular weight is 243 g/mol. The van der Waals surface area contributed by atoms with Crippen LogP contribution in [0.4, 0.5) is 0 Å². The van der Waals surface area contributed by atoms with Crippen LogP contribution in [0.2, 0.25) is 0 Å². The number of nitrogens with zero attached hydrogens (tertiary/aromatic N) is 2. The fourth-order valence-electron chi connectivity index (χ4n) is 2.51. The monoisotopic (exact) mass is 243 g/mol. The van der Waals surface area contributed by atoms with Crippen LogP contribution in [-0.4, -0.2) is 15.6 Å². The van der Waals surface area contributed by atoms with Crippen LogP contribution in [-0.2, 0) is 13.5 Å². The van der Waals surface area contributed by atoms with Gasteiger partial charge in [0.25, 0.3) is 0 Å². The van der Waals surface area contributed by atoms with Crippen LogP contribution in [0, 0.1) is 0 Å². The number of hydrogen-bond donors (Lipinski definition) is 1. The minimum atomic E-state index is 0.272. The Hall–Kier alpha value is -1.35. The minimum Gasteiger partial charge on any atom is -0.331 e. The van der Waals surface area contributed by atoms with E-state index >= 15 is 0 Å². The van der Waals surface area contributed by atoms with E-state index in [0.717, 1.165) is 18.4 Å². The Morgan fingerprint density at radius 3 is 2.89 bits per heavy atom. The molecule has 1 fully saturated rings. The molecule has 1 aromatic heterocycles. The minimum absolute atomic E-state index is 0.272. The largest absolute Gasteiger partial charge is 0.331 e. The Bertz CT molecular complexity index is 564. The summed E-state index contributed by atoms with van der Waals surface area (Å²) < 4.78 is 2.27. The van der Waals surface area contributed by atoms with Crippen LogP contribution >= 0.6 is 0 Å². The van der Waals surface area contributed by atoms with E-state index in [4.69, 9.17) is 10.7 Å². The Balaban J connectivity index is 1.93. The first kappa shape index (κ1) is 11.7. The van der Waals surface area contributed by atoms with E-state index in [-0.39, 0.29) is 6.04 Å². The molecule has 2 aromatic rings. The molecule has 1 saturated carbocycles. The molecule has 96 valence electrons. The number of aryl methyl sites for hydroxylation is 2. The average Bonchev–Trinajstić information content (AvgIpc) is 3.13. The molecule has 3 rings (SSSR count). The molecule has 0 spiro atoms. The second-order valence-electron chi connectivity index (χ2n) is 5.64. The summed E-state index contributed by atoms with van der Waals surface area (Å²) >= 11 is 0. The molecule has 3 nitrogen and oxygen atoms in total. The number of rotatable bonds is 4. The van der Waals surface area contributed by atoms with Crippen LogP contribution in [0.1, 0.15) is 43.5 Å². The maximum absolute atomic E-state index is 5.82. The van der Waals surface area contributed by atoms with Crippen molar-refractivity contribution < 1.29 is 0 Å². The summed E-state index contributed by atoms with van der Waals surface area (Å²) in [6.07, 6.45) is 4.69. The van der Waals surface area contributed by atoms with Gasteiger partial charge in [0.1, 0.15) is 5.82 Å². The van der Waals surface area contributed by atoms with E-state index < -0.39 is 0 Å². The number of imidazole rings is 1. The van der Waals surface area contributed by atoms with Gasteiger partial charge in [-0.1, -0.05) is 6.07 Å². The molecule has 1 aliphatic carbocycles. The Kier molecular flexibility index (Phi) is 2.86. The van der Waals surface area contributed by atoms with Gasteiger partial charge in [-0.3, -0.25) is 0 Å². The summed E-state index contributed by atoms with van der Waals surface area (Å²) in [5.41, 5.74) is 9.57. The predicted molar refractivity (Wildman–Crippen MR) is 74.7 cm³/mol. The van der Waals surface area contributed by atoms with Crippen LogP contribution in [0.3, 0.4) is 0 Å². The first-order valence-corrected chi connectivity index (χ1v) is 6.86. The van der Waals surface area contributed by atoms with Gasteiger partial charge in [-0.2, -0.15) is 0 Å². The maximum atomic E-state index is 5.82. The van der Waals surface area contributed by atoms with Gasteiger partial charge in [-0.15, -0.1) is 0 Å². The van der Waals surface area contributed by atoms with E-state index in [9.17, 15) is 0 Å². The predicted octanol–water partition coefficient (Wildman–Crippen LogP) is 2.73. The van der Waals surface area contributed by atoms with Gasteiger partial charge >= 0.3 is 0 Å². The van der Waals surface area contributed by atoms with Crippen LogP contribution in [0.25, 0.3) is 11.0 Å². The summed E-state index contributed by atoms with van der Waals surface area (Å²) in [7, 11) is 2.14. The molecule has 0 amide bonds. The zero-order chi connectivity index (χ0) is 12.7. The first-order chi connectivity index (χ1) is 8.65. The summed E-state index contributed by atoms with van der Waals surface area (Å²) in [5.74, 6) is 1.96. The van der Waals surface area contributed by atoms with Gasteiger partial charge in [0.05, 0.1) is 11.0 Å². The molecule has 0 aliphatic heterocycles. The topological polar surface area (TPSA) is 43.8 Å². The molecule has 18 heavy (non-hydrogen) atoms. The van der Waals surface area contributed by atoms with E-state index in [0.29, 0.717) is 5.92 Å². The van der Waals surface area contributed by atoms with E-state index in [1.165, 1.54) is 29.7 Å². The van der Waals surface area contributed by atoms with Gasteiger partial charge in [-0.25, -0.2) is 4.98 Å². The number of fused-ring (bicyclic) bond motifs is 1. The summed E-state index contributed by atoms with van der Waals surface area (Å²) in [4.78, 5) is 4.75. The molecule has 1 heterocycles. The van der Waals surface area contributed by atoms with Gasteiger partial charge in [0.15, 0.2) is 0 Å². The number of nitrogens with two attached hydrogens (primary N) is 1. The summed E-state index contributed by atoms with van der Waals surface area (Å²) in [6.45, 7) is 2.06. The quantitative estimate of drug-likeness (QED) is 0.897. The molecule has 1 aliphatic rings. The van der Waals surface area contributed by atoms with E-state index in [1.54, 1.807) is 0 Å². The molecule has 0 saturated heterocycles. The molecule has 2 N–H and O–H groups in total. The standard InChI is InChI=1S/C15H21N3/c1-10(16)3-4-11-5-8-13-14(9-11)18(2)15(17-13)12-6-7-12/h5,8-10,12H,3-4,6-7,16H2,1-2H3. The zero-order valence-corrected chi connectivity index (χ0v) is 11.2. The molecular weight excluding hydrogens is 222 g/mol. The fraction of sp³-hybridized carbons (Fsp3) is 0.533. The second kappa shape index (κ2) is 4.39. The van der Waals surface area contributed by atoms with Crippen LogP contribution < -0.4 is 5.73 Å². The molecule has 0 radical (unpaired) electrons. The summed E-state index contributed by atoms with van der Waals surface area (Å²) in [5, 5.41) is 0. The normalized spacial score (nSPS) is 17.3. The third-order valence-electron chi connectivity index (χ3n) is 3.81. The van der Waals surface area contributed by atoms with Crippen molar-refractivity contribution in [3.63, 3.8) is 0 Å². The number of hydrogen-bond acceptors (Lipinski definition) is 2. The highest BCUT2D eigenvalue weighted by Crippen LogP contribution is 2.40. The van der Waals surface area contributed by atoms with Crippen molar-refractivity contribution in [1.82, 2.24) is 9.55 Å². The van der Waals surface area contributed by atoms with Crippen LogP contribution in [0.5, 0.6) is 0 Å². The molecule has 1 unspecified atom stereocenters. The van der Waals surface area contributed by atoms with Crippen molar-refractivity contribution in [3.05, 3.63) is 29.6 Å². The van der Waals surface area contributed by atoms with Crippen molar-refractivity contribution >= 4 is 11.0 Å². The smallest absolute Gasteiger partial charge is 0.112 e. The third kappa shape index (κ3) is 2.15. The highest BCUT2D eigenvalue weighted by atomic mass is 15.1. The number of benzene rings is 1. The Labute approximate surface area is 108 Å². The van der Waals surface area contributed by atoms with Crippen molar-refractivity contribution in [3.8, 4) is 0 Å². The Morgan fingerprint density at radius 2 is 2.22 bits per heavy atom. The summed E-state index contributed by atoms with van der Waals surface area (Å²) in [6, 6.07) is 6.89. The highest BCUT2D eigenvalue weighted by Gasteiger charge is 2.28. The molecule has 3 heteroatoms. The van der Waals surface area contributed by atoms with Gasteiger partial charge < -0.3 is 10.3 Å². The third-order valence-corrected chi connectivity index (χ3v) is 3.81. The SMILES string of the molecule is CC(N)CCc1ccc2nc(C3CC3)n(C)c2c1. The lowest BCUT2D eigenvalue weighted by Gasteiger charge is -2.05. The van der Waals surface area contributed by atoms with Crippen molar-refractivity contribution in [2.24, 2.45) is 12.8 Å².